The third-order valence-corrected chi connectivity index (χ3v) is 5.44. The number of nitrogens with zero attached hydrogens (tertiary/aromatic N) is 3. The van der Waals surface area contributed by atoms with Gasteiger partial charge in [0.05, 0.1) is 11.7 Å². The first-order valence-corrected chi connectivity index (χ1v) is 9.67. The van der Waals surface area contributed by atoms with Crippen LogP contribution in [0.1, 0.15) is 40.6 Å². The Labute approximate surface area is 162 Å². The average molecular weight is 387 g/mol. The number of hydrogen-bond acceptors (Lipinski definition) is 4. The number of aromatic amines is 1. The van der Waals surface area contributed by atoms with E-state index in [2.05, 4.69) is 25.9 Å². The number of H-pyrrole nitrogens is 1. The Morgan fingerprint density at radius 3 is 3.00 bits per heavy atom. The Morgan fingerprint density at radius 1 is 1.37 bits per heavy atom. The van der Waals surface area contributed by atoms with Crippen molar-refractivity contribution in [2.24, 2.45) is 0 Å². The monoisotopic (exact) mass is 386 g/mol. The number of carbonyl (C=O) groups excluding carboxylic acids is 1. The van der Waals surface area contributed by atoms with Crippen molar-refractivity contribution in [3.63, 3.8) is 0 Å². The molecule has 0 bridgehead atoms. The van der Waals surface area contributed by atoms with E-state index >= 15 is 0 Å². The van der Waals surface area contributed by atoms with E-state index in [1.54, 1.807) is 0 Å². The van der Waals surface area contributed by atoms with Gasteiger partial charge in [0.25, 0.3) is 5.91 Å². The van der Waals surface area contributed by atoms with Crippen LogP contribution in [0.4, 0.5) is 0 Å². The van der Waals surface area contributed by atoms with Gasteiger partial charge in [-0.15, -0.1) is 5.10 Å². The van der Waals surface area contributed by atoms with Crippen LogP contribution in [0.2, 0.25) is 5.02 Å². The van der Waals surface area contributed by atoms with Crippen molar-refractivity contribution in [1.82, 2.24) is 30.6 Å². The number of amides is 1. The SMILES string of the molecule is Cc1c(C(=O)NCCc2c[nH]c3ccc(Cl)cc23)nnn1C1CCNCC1. The normalized spacial score (nSPS) is 15.3. The molecule has 3 N–H and O–H groups in total. The maximum atomic E-state index is 12.5. The van der Waals surface area contributed by atoms with Crippen LogP contribution in [0.25, 0.3) is 10.9 Å². The molecule has 27 heavy (non-hydrogen) atoms. The van der Waals surface area contributed by atoms with Crippen LogP contribution in [-0.4, -0.2) is 45.5 Å². The number of aromatic nitrogens is 4. The second-order valence-electron chi connectivity index (χ2n) is 6.96. The molecular weight excluding hydrogens is 364 g/mol. The van der Waals surface area contributed by atoms with Crippen LogP contribution >= 0.6 is 11.6 Å². The Bertz CT molecular complexity index is 956. The molecule has 1 fully saturated rings. The van der Waals surface area contributed by atoms with Crippen LogP contribution < -0.4 is 10.6 Å². The van der Waals surface area contributed by atoms with Gasteiger partial charge in [0.1, 0.15) is 0 Å². The summed E-state index contributed by atoms with van der Waals surface area (Å²) in [7, 11) is 0. The summed E-state index contributed by atoms with van der Waals surface area (Å²) in [5.41, 5.74) is 3.41. The largest absolute Gasteiger partial charge is 0.361 e. The van der Waals surface area contributed by atoms with Gasteiger partial charge in [-0.05, 0) is 63.0 Å². The van der Waals surface area contributed by atoms with Crippen LogP contribution in [0.15, 0.2) is 24.4 Å². The van der Waals surface area contributed by atoms with Gasteiger partial charge >= 0.3 is 0 Å². The van der Waals surface area contributed by atoms with E-state index in [0.717, 1.165) is 48.1 Å². The molecule has 3 heterocycles. The molecule has 1 aliphatic heterocycles. The van der Waals surface area contributed by atoms with Crippen LogP contribution in [0, 0.1) is 6.92 Å². The van der Waals surface area contributed by atoms with Crippen molar-refractivity contribution in [1.29, 1.82) is 0 Å². The zero-order valence-corrected chi connectivity index (χ0v) is 16.0. The minimum Gasteiger partial charge on any atom is -0.361 e. The number of piperidine rings is 1. The Kier molecular flexibility index (Phi) is 5.13. The van der Waals surface area contributed by atoms with Gasteiger partial charge in [0.2, 0.25) is 0 Å². The van der Waals surface area contributed by atoms with Gasteiger partial charge < -0.3 is 15.6 Å². The summed E-state index contributed by atoms with van der Waals surface area (Å²) >= 11 is 6.09. The molecule has 0 spiro atoms. The van der Waals surface area contributed by atoms with Crippen molar-refractivity contribution >= 4 is 28.4 Å². The van der Waals surface area contributed by atoms with E-state index in [0.29, 0.717) is 29.7 Å². The van der Waals surface area contributed by atoms with E-state index < -0.39 is 0 Å². The third-order valence-electron chi connectivity index (χ3n) is 5.21. The molecule has 1 saturated heterocycles. The first-order chi connectivity index (χ1) is 13.1. The summed E-state index contributed by atoms with van der Waals surface area (Å²) in [6.07, 6.45) is 4.70. The number of nitrogens with one attached hydrogen (secondary N) is 3. The summed E-state index contributed by atoms with van der Waals surface area (Å²) in [6, 6.07) is 6.08. The summed E-state index contributed by atoms with van der Waals surface area (Å²) < 4.78 is 1.90. The number of benzene rings is 1. The number of carbonyl (C=O) groups is 1. The lowest BCUT2D eigenvalue weighted by Gasteiger charge is -2.23. The van der Waals surface area contributed by atoms with E-state index in [4.69, 9.17) is 11.6 Å². The first-order valence-electron chi connectivity index (χ1n) is 9.29. The Morgan fingerprint density at radius 2 is 2.19 bits per heavy atom. The molecule has 7 nitrogen and oxygen atoms in total. The molecule has 4 rings (SSSR count). The van der Waals surface area contributed by atoms with Crippen molar-refractivity contribution in [3.8, 4) is 0 Å². The van der Waals surface area contributed by atoms with Gasteiger partial charge in [0.15, 0.2) is 5.69 Å². The third kappa shape index (κ3) is 3.70. The molecule has 1 aromatic carbocycles. The van der Waals surface area contributed by atoms with Crippen LogP contribution in [0.5, 0.6) is 0 Å². The second-order valence-corrected chi connectivity index (χ2v) is 7.40. The topological polar surface area (TPSA) is 87.6 Å². The van der Waals surface area contributed by atoms with Crippen molar-refractivity contribution in [3.05, 3.63) is 46.4 Å². The highest BCUT2D eigenvalue weighted by molar-refractivity contribution is 6.31. The lowest BCUT2D eigenvalue weighted by atomic mass is 10.1. The van der Waals surface area contributed by atoms with Gasteiger partial charge in [-0.1, -0.05) is 16.8 Å². The standard InChI is InChI=1S/C19H23ClN6O/c1-12-18(24-25-26(12)15-5-7-21-8-6-15)19(27)22-9-4-13-11-23-17-3-2-14(20)10-16(13)17/h2-3,10-11,15,21,23H,4-9H2,1H3,(H,22,27). The molecule has 142 valence electrons. The number of rotatable bonds is 5. The summed E-state index contributed by atoms with van der Waals surface area (Å²) in [5.74, 6) is -0.175. The number of fused-ring (bicyclic) bond motifs is 1. The molecule has 0 aliphatic carbocycles. The minimum atomic E-state index is -0.175. The molecule has 0 atom stereocenters. The fourth-order valence-corrected chi connectivity index (χ4v) is 3.87. The van der Waals surface area contributed by atoms with Gasteiger partial charge in [-0.25, -0.2) is 4.68 Å². The maximum absolute atomic E-state index is 12.5. The van der Waals surface area contributed by atoms with E-state index in [1.807, 2.05) is 36.0 Å². The van der Waals surface area contributed by atoms with Gasteiger partial charge in [0, 0.05) is 28.7 Å². The highest BCUT2D eigenvalue weighted by Gasteiger charge is 2.22. The maximum Gasteiger partial charge on any atom is 0.273 e. The molecule has 0 unspecified atom stereocenters. The lowest BCUT2D eigenvalue weighted by Crippen LogP contribution is -2.30. The summed E-state index contributed by atoms with van der Waals surface area (Å²) in [6.45, 7) is 4.39. The quantitative estimate of drug-likeness (QED) is 0.629. The summed E-state index contributed by atoms with van der Waals surface area (Å²) in [4.78, 5) is 15.8. The average Bonchev–Trinajstić information content (AvgIpc) is 3.26. The molecule has 3 aromatic rings. The second kappa shape index (κ2) is 7.70. The molecule has 8 heteroatoms. The molecule has 0 saturated carbocycles. The predicted molar refractivity (Wildman–Crippen MR) is 105 cm³/mol. The number of halogens is 1. The van der Waals surface area contributed by atoms with E-state index in [9.17, 15) is 4.79 Å². The van der Waals surface area contributed by atoms with E-state index in [-0.39, 0.29) is 5.91 Å². The number of hydrogen-bond donors (Lipinski definition) is 3. The van der Waals surface area contributed by atoms with E-state index in [1.165, 1.54) is 0 Å². The van der Waals surface area contributed by atoms with Gasteiger partial charge in [-0.2, -0.15) is 0 Å². The molecule has 2 aromatic heterocycles. The van der Waals surface area contributed by atoms with Crippen molar-refractivity contribution < 1.29 is 4.79 Å². The Balaban J connectivity index is 1.39. The minimum absolute atomic E-state index is 0.175. The Hall–Kier alpha value is -2.38. The first kappa shape index (κ1) is 18.0. The fourth-order valence-electron chi connectivity index (χ4n) is 3.70. The smallest absolute Gasteiger partial charge is 0.273 e. The zero-order valence-electron chi connectivity index (χ0n) is 15.3. The molecule has 1 amide bonds. The fraction of sp³-hybridized carbons (Fsp3) is 0.421. The molecular formula is C19H23ClN6O. The van der Waals surface area contributed by atoms with Crippen LogP contribution in [-0.2, 0) is 6.42 Å². The zero-order chi connectivity index (χ0) is 18.8. The molecule has 0 radical (unpaired) electrons. The highest BCUT2D eigenvalue weighted by Crippen LogP contribution is 2.23. The van der Waals surface area contributed by atoms with Crippen LogP contribution in [0.3, 0.4) is 0 Å². The lowest BCUT2D eigenvalue weighted by molar-refractivity contribution is 0.0948. The predicted octanol–water partition coefficient (Wildman–Crippen LogP) is 2.62. The van der Waals surface area contributed by atoms with Crippen molar-refractivity contribution in [2.75, 3.05) is 19.6 Å². The van der Waals surface area contributed by atoms with Gasteiger partial charge in [-0.3, -0.25) is 4.79 Å². The molecule has 1 aliphatic rings. The summed E-state index contributed by atoms with van der Waals surface area (Å²) in [5, 5.41) is 16.4. The highest BCUT2D eigenvalue weighted by atomic mass is 35.5. The van der Waals surface area contributed by atoms with Crippen molar-refractivity contribution in [2.45, 2.75) is 32.2 Å².